The summed E-state index contributed by atoms with van der Waals surface area (Å²) in [5, 5.41) is 18.2. The standard InChI is InChI=1S/C12H13F3N4OS/c1-6(21-8-4-11(2,3)20-19-8)9-7(5-16)17-18-10(9)12(13,14)15/h6H,4H2,1-3H3,(H,17,18). The molecule has 0 radical (unpaired) electrons. The number of nitrogens with zero attached hydrogens (tertiary/aromatic N) is 3. The minimum atomic E-state index is -4.61. The molecule has 0 aliphatic carbocycles. The smallest absolute Gasteiger partial charge is 0.389 e. The van der Waals surface area contributed by atoms with Gasteiger partial charge in [0.15, 0.2) is 5.69 Å². The summed E-state index contributed by atoms with van der Waals surface area (Å²) in [5.41, 5.74) is -1.84. The van der Waals surface area contributed by atoms with Crippen LogP contribution >= 0.6 is 11.8 Å². The van der Waals surface area contributed by atoms with Gasteiger partial charge in [-0.05, 0) is 20.8 Å². The highest BCUT2D eigenvalue weighted by Gasteiger charge is 2.40. The molecule has 0 amide bonds. The molecule has 0 bridgehead atoms. The van der Waals surface area contributed by atoms with Crippen molar-refractivity contribution >= 4 is 16.8 Å². The molecule has 1 aliphatic heterocycles. The normalized spacial score (nSPS) is 18.8. The van der Waals surface area contributed by atoms with Crippen LogP contribution in [0.15, 0.2) is 5.16 Å². The van der Waals surface area contributed by atoms with Gasteiger partial charge >= 0.3 is 6.18 Å². The average Bonchev–Trinajstić information content (AvgIpc) is 2.91. The number of rotatable bonds is 2. The zero-order chi connectivity index (χ0) is 15.8. The van der Waals surface area contributed by atoms with Crippen molar-refractivity contribution in [2.75, 3.05) is 0 Å². The molecule has 0 saturated heterocycles. The first-order valence-electron chi connectivity index (χ1n) is 6.11. The van der Waals surface area contributed by atoms with Crippen molar-refractivity contribution in [3.05, 3.63) is 17.0 Å². The number of halogens is 3. The number of thioether (sulfide) groups is 1. The van der Waals surface area contributed by atoms with Gasteiger partial charge in [-0.15, -0.1) is 0 Å². The van der Waals surface area contributed by atoms with Gasteiger partial charge in [0.2, 0.25) is 0 Å². The molecule has 1 N–H and O–H groups in total. The summed E-state index contributed by atoms with van der Waals surface area (Å²) in [4.78, 5) is 5.18. The van der Waals surface area contributed by atoms with Crippen LogP contribution in [0.4, 0.5) is 13.2 Å². The summed E-state index contributed by atoms with van der Waals surface area (Å²) in [6, 6.07) is 1.71. The van der Waals surface area contributed by atoms with Gasteiger partial charge in [0, 0.05) is 17.2 Å². The van der Waals surface area contributed by atoms with E-state index in [2.05, 4.69) is 15.4 Å². The number of hydrogen-bond donors (Lipinski definition) is 1. The molecule has 0 fully saturated rings. The van der Waals surface area contributed by atoms with Crippen molar-refractivity contribution in [1.82, 2.24) is 10.2 Å². The lowest BCUT2D eigenvalue weighted by atomic mass is 10.1. The van der Waals surface area contributed by atoms with Crippen molar-refractivity contribution in [2.24, 2.45) is 5.16 Å². The lowest BCUT2D eigenvalue weighted by molar-refractivity contribution is -0.141. The second-order valence-corrected chi connectivity index (χ2v) is 6.66. The summed E-state index contributed by atoms with van der Waals surface area (Å²) in [7, 11) is 0. The highest BCUT2D eigenvalue weighted by molar-refractivity contribution is 8.14. The predicted octanol–water partition coefficient (Wildman–Crippen LogP) is 3.61. The average molecular weight is 318 g/mol. The fraction of sp³-hybridized carbons (Fsp3) is 0.583. The topological polar surface area (TPSA) is 74.1 Å². The number of aromatic nitrogens is 2. The minimum Gasteiger partial charge on any atom is -0.389 e. The molecule has 1 aromatic heterocycles. The van der Waals surface area contributed by atoms with Crippen molar-refractivity contribution in [3.8, 4) is 6.07 Å². The molecule has 0 spiro atoms. The molecule has 2 rings (SSSR count). The molecule has 0 aromatic carbocycles. The zero-order valence-corrected chi connectivity index (χ0v) is 12.4. The summed E-state index contributed by atoms with van der Waals surface area (Å²) < 4.78 is 38.8. The van der Waals surface area contributed by atoms with Crippen molar-refractivity contribution in [3.63, 3.8) is 0 Å². The third-order valence-electron chi connectivity index (χ3n) is 2.88. The van der Waals surface area contributed by atoms with E-state index in [4.69, 9.17) is 10.1 Å². The predicted molar refractivity (Wildman–Crippen MR) is 71.5 cm³/mol. The summed E-state index contributed by atoms with van der Waals surface area (Å²) >= 11 is 1.14. The Labute approximate surface area is 123 Å². The van der Waals surface area contributed by atoms with E-state index < -0.39 is 22.7 Å². The number of alkyl halides is 3. The third-order valence-corrected chi connectivity index (χ3v) is 3.96. The SMILES string of the molecule is CC(SC1=NOC(C)(C)C1)c1c(C(F)(F)F)n[nH]c1C#N. The van der Waals surface area contributed by atoms with Gasteiger partial charge in [0.05, 0.1) is 0 Å². The third kappa shape index (κ3) is 3.32. The van der Waals surface area contributed by atoms with Gasteiger partial charge in [-0.3, -0.25) is 5.10 Å². The van der Waals surface area contributed by atoms with Crippen LogP contribution in [0.3, 0.4) is 0 Å². The Morgan fingerprint density at radius 2 is 2.14 bits per heavy atom. The highest BCUT2D eigenvalue weighted by Crippen LogP contribution is 2.42. The second-order valence-electron chi connectivity index (χ2n) is 5.24. The van der Waals surface area contributed by atoms with E-state index >= 15 is 0 Å². The first kappa shape index (κ1) is 15.7. The molecule has 1 unspecified atom stereocenters. The first-order chi connectivity index (χ1) is 9.64. The van der Waals surface area contributed by atoms with Crippen molar-refractivity contribution in [1.29, 1.82) is 5.26 Å². The van der Waals surface area contributed by atoms with Crippen LogP contribution in [-0.4, -0.2) is 20.8 Å². The maximum atomic E-state index is 12.9. The van der Waals surface area contributed by atoms with E-state index in [1.54, 1.807) is 13.0 Å². The summed E-state index contributed by atoms with van der Waals surface area (Å²) in [6.07, 6.45) is -4.09. The van der Waals surface area contributed by atoms with Gasteiger partial charge in [0.25, 0.3) is 0 Å². The van der Waals surface area contributed by atoms with Gasteiger partial charge in [0.1, 0.15) is 22.4 Å². The number of oxime groups is 1. The Hall–Kier alpha value is -1.69. The van der Waals surface area contributed by atoms with E-state index in [-0.39, 0.29) is 11.3 Å². The Morgan fingerprint density at radius 1 is 1.48 bits per heavy atom. The molecule has 114 valence electrons. The molecular weight excluding hydrogens is 305 g/mol. The van der Waals surface area contributed by atoms with E-state index in [0.29, 0.717) is 11.5 Å². The molecule has 2 heterocycles. The van der Waals surface area contributed by atoms with Crippen LogP contribution in [0.1, 0.15) is 49.4 Å². The number of nitriles is 1. The first-order valence-corrected chi connectivity index (χ1v) is 6.99. The largest absolute Gasteiger partial charge is 0.435 e. The van der Waals surface area contributed by atoms with E-state index in [1.807, 2.05) is 13.8 Å². The Kier molecular flexibility index (Phi) is 3.93. The number of nitrogens with one attached hydrogen (secondary N) is 1. The van der Waals surface area contributed by atoms with E-state index in [0.717, 1.165) is 11.8 Å². The number of H-pyrrole nitrogens is 1. The van der Waals surface area contributed by atoms with Gasteiger partial charge in [-0.1, -0.05) is 16.9 Å². The van der Waals surface area contributed by atoms with Crippen LogP contribution in [0.25, 0.3) is 0 Å². The van der Waals surface area contributed by atoms with Crippen LogP contribution in [0, 0.1) is 11.3 Å². The maximum absolute atomic E-state index is 12.9. The van der Waals surface area contributed by atoms with Gasteiger partial charge in [-0.25, -0.2) is 0 Å². The molecule has 0 saturated carbocycles. The van der Waals surface area contributed by atoms with Crippen molar-refractivity contribution in [2.45, 2.75) is 44.2 Å². The molecular formula is C12H13F3N4OS. The van der Waals surface area contributed by atoms with Gasteiger partial charge in [-0.2, -0.15) is 23.5 Å². The zero-order valence-electron chi connectivity index (χ0n) is 11.6. The Balaban J connectivity index is 2.26. The molecule has 1 atom stereocenters. The molecule has 5 nitrogen and oxygen atoms in total. The van der Waals surface area contributed by atoms with Crippen LogP contribution < -0.4 is 0 Å². The Bertz CT molecular complexity index is 615. The minimum absolute atomic E-state index is 0.151. The fourth-order valence-electron chi connectivity index (χ4n) is 1.98. The molecule has 21 heavy (non-hydrogen) atoms. The lowest BCUT2D eigenvalue weighted by Crippen LogP contribution is -2.18. The Morgan fingerprint density at radius 3 is 2.62 bits per heavy atom. The van der Waals surface area contributed by atoms with Gasteiger partial charge < -0.3 is 4.84 Å². The molecule has 9 heteroatoms. The lowest BCUT2D eigenvalue weighted by Gasteiger charge is -2.15. The number of aromatic amines is 1. The number of hydrogen-bond acceptors (Lipinski definition) is 5. The molecule has 1 aromatic rings. The molecule has 1 aliphatic rings. The maximum Gasteiger partial charge on any atom is 0.435 e. The van der Waals surface area contributed by atoms with Crippen LogP contribution in [0.2, 0.25) is 0 Å². The van der Waals surface area contributed by atoms with Crippen molar-refractivity contribution < 1.29 is 18.0 Å². The van der Waals surface area contributed by atoms with Crippen LogP contribution in [0.5, 0.6) is 0 Å². The van der Waals surface area contributed by atoms with E-state index in [9.17, 15) is 13.2 Å². The second kappa shape index (κ2) is 5.26. The highest BCUT2D eigenvalue weighted by atomic mass is 32.2. The monoisotopic (exact) mass is 318 g/mol. The summed E-state index contributed by atoms with van der Waals surface area (Å²) in [5.74, 6) is 0. The van der Waals surface area contributed by atoms with Crippen LogP contribution in [-0.2, 0) is 11.0 Å². The summed E-state index contributed by atoms with van der Waals surface area (Å²) in [6.45, 7) is 5.27. The fourth-order valence-corrected chi connectivity index (χ4v) is 3.24. The van der Waals surface area contributed by atoms with E-state index in [1.165, 1.54) is 0 Å². The quantitative estimate of drug-likeness (QED) is 0.904.